The molecule has 0 aliphatic heterocycles. The van der Waals surface area contributed by atoms with Crippen LogP contribution in [0.4, 0.5) is 0 Å². The topological polar surface area (TPSA) is 67.7 Å². The normalized spacial score (nSPS) is 12.9. The largest absolute Gasteiger partial charge is 0.387 e. The lowest BCUT2D eigenvalue weighted by Crippen LogP contribution is -2.24. The summed E-state index contributed by atoms with van der Waals surface area (Å²) in [7, 11) is 0. The standard InChI is InChI=1S/C9H15BrN4/c1-5(9(11)12)4-14-7(3)8(10)6(2)13-14/h5H,4H2,1-3H3,(H3,11,12). The van der Waals surface area contributed by atoms with Crippen molar-refractivity contribution in [2.45, 2.75) is 27.3 Å². The highest BCUT2D eigenvalue weighted by Gasteiger charge is 2.12. The number of hydrogen-bond donors (Lipinski definition) is 2. The monoisotopic (exact) mass is 258 g/mol. The molecule has 0 saturated carbocycles. The summed E-state index contributed by atoms with van der Waals surface area (Å²) in [6, 6.07) is 0. The summed E-state index contributed by atoms with van der Waals surface area (Å²) in [5.41, 5.74) is 7.46. The molecule has 0 aliphatic rings. The second-order valence-electron chi connectivity index (χ2n) is 3.52. The van der Waals surface area contributed by atoms with Gasteiger partial charge in [-0.05, 0) is 29.8 Å². The van der Waals surface area contributed by atoms with E-state index < -0.39 is 0 Å². The quantitative estimate of drug-likeness (QED) is 0.642. The molecule has 1 heterocycles. The van der Waals surface area contributed by atoms with E-state index >= 15 is 0 Å². The van der Waals surface area contributed by atoms with E-state index in [1.807, 2.05) is 25.5 Å². The zero-order valence-electron chi connectivity index (χ0n) is 8.63. The molecule has 78 valence electrons. The van der Waals surface area contributed by atoms with Crippen molar-refractivity contribution >= 4 is 21.8 Å². The molecule has 1 aromatic rings. The average molecular weight is 259 g/mol. The molecule has 14 heavy (non-hydrogen) atoms. The van der Waals surface area contributed by atoms with Crippen LogP contribution in [-0.4, -0.2) is 15.6 Å². The molecule has 0 saturated heterocycles. The maximum absolute atomic E-state index is 7.31. The van der Waals surface area contributed by atoms with Crippen LogP contribution in [0.15, 0.2) is 4.47 Å². The van der Waals surface area contributed by atoms with Gasteiger partial charge in [-0.2, -0.15) is 5.10 Å². The highest BCUT2D eigenvalue weighted by atomic mass is 79.9. The number of nitrogens with zero attached hydrogens (tertiary/aromatic N) is 2. The van der Waals surface area contributed by atoms with Gasteiger partial charge in [-0.1, -0.05) is 6.92 Å². The Labute approximate surface area is 92.1 Å². The van der Waals surface area contributed by atoms with E-state index in [0.29, 0.717) is 6.54 Å². The van der Waals surface area contributed by atoms with Crippen molar-refractivity contribution in [2.24, 2.45) is 11.7 Å². The fourth-order valence-electron chi connectivity index (χ4n) is 1.21. The number of halogens is 1. The Bertz CT molecular complexity index is 356. The lowest BCUT2D eigenvalue weighted by Gasteiger charge is -2.10. The first-order valence-electron chi connectivity index (χ1n) is 4.47. The number of hydrogen-bond acceptors (Lipinski definition) is 2. The molecule has 1 aromatic heterocycles. The van der Waals surface area contributed by atoms with E-state index in [4.69, 9.17) is 11.1 Å². The molecular weight excluding hydrogens is 244 g/mol. The van der Waals surface area contributed by atoms with Gasteiger partial charge in [0.2, 0.25) is 0 Å². The highest BCUT2D eigenvalue weighted by molar-refractivity contribution is 9.10. The molecule has 1 rings (SSSR count). The zero-order chi connectivity index (χ0) is 10.9. The van der Waals surface area contributed by atoms with Crippen molar-refractivity contribution < 1.29 is 0 Å². The number of rotatable bonds is 3. The Morgan fingerprint density at radius 3 is 2.57 bits per heavy atom. The van der Waals surface area contributed by atoms with Gasteiger partial charge in [0, 0.05) is 11.6 Å². The molecule has 0 aliphatic carbocycles. The van der Waals surface area contributed by atoms with E-state index in [1.165, 1.54) is 0 Å². The third-order valence-electron chi connectivity index (χ3n) is 2.27. The van der Waals surface area contributed by atoms with E-state index in [2.05, 4.69) is 21.0 Å². The molecule has 0 spiro atoms. The van der Waals surface area contributed by atoms with Crippen molar-refractivity contribution in [2.75, 3.05) is 0 Å². The Balaban J connectivity index is 2.87. The molecule has 1 unspecified atom stereocenters. The molecule has 0 amide bonds. The zero-order valence-corrected chi connectivity index (χ0v) is 10.2. The SMILES string of the molecule is Cc1nn(CC(C)C(=N)N)c(C)c1Br. The van der Waals surface area contributed by atoms with Gasteiger partial charge in [-0.3, -0.25) is 10.1 Å². The van der Waals surface area contributed by atoms with Crippen LogP contribution in [0.2, 0.25) is 0 Å². The van der Waals surface area contributed by atoms with Crippen LogP contribution < -0.4 is 5.73 Å². The van der Waals surface area contributed by atoms with Crippen LogP contribution in [-0.2, 0) is 6.54 Å². The minimum Gasteiger partial charge on any atom is -0.387 e. The number of amidine groups is 1. The van der Waals surface area contributed by atoms with E-state index in [1.54, 1.807) is 0 Å². The molecule has 4 nitrogen and oxygen atoms in total. The van der Waals surface area contributed by atoms with Gasteiger partial charge in [-0.25, -0.2) is 0 Å². The summed E-state index contributed by atoms with van der Waals surface area (Å²) < 4.78 is 2.92. The van der Waals surface area contributed by atoms with Crippen LogP contribution in [0.25, 0.3) is 0 Å². The second kappa shape index (κ2) is 4.13. The van der Waals surface area contributed by atoms with E-state index in [-0.39, 0.29) is 11.8 Å². The van der Waals surface area contributed by atoms with Crippen molar-refractivity contribution in [3.05, 3.63) is 15.9 Å². The lowest BCUT2D eigenvalue weighted by atomic mass is 10.1. The Morgan fingerprint density at radius 2 is 2.21 bits per heavy atom. The Kier molecular flexibility index (Phi) is 3.31. The number of aromatic nitrogens is 2. The number of nitrogens with two attached hydrogens (primary N) is 1. The van der Waals surface area contributed by atoms with Crippen LogP contribution >= 0.6 is 15.9 Å². The molecular formula is C9H15BrN4. The van der Waals surface area contributed by atoms with Gasteiger partial charge >= 0.3 is 0 Å². The summed E-state index contributed by atoms with van der Waals surface area (Å²) >= 11 is 3.46. The van der Waals surface area contributed by atoms with Crippen LogP contribution in [0.5, 0.6) is 0 Å². The van der Waals surface area contributed by atoms with Crippen molar-refractivity contribution in [3.8, 4) is 0 Å². The maximum atomic E-state index is 7.31. The number of nitrogens with one attached hydrogen (secondary N) is 1. The van der Waals surface area contributed by atoms with Crippen LogP contribution in [0, 0.1) is 25.2 Å². The third-order valence-corrected chi connectivity index (χ3v) is 3.42. The average Bonchev–Trinajstić information content (AvgIpc) is 2.33. The van der Waals surface area contributed by atoms with E-state index in [9.17, 15) is 0 Å². The molecule has 1 atom stereocenters. The highest BCUT2D eigenvalue weighted by Crippen LogP contribution is 2.20. The fraction of sp³-hybridized carbons (Fsp3) is 0.556. The first-order chi connectivity index (χ1) is 6.43. The van der Waals surface area contributed by atoms with Crippen molar-refractivity contribution in [1.82, 2.24) is 9.78 Å². The Hall–Kier alpha value is -0.840. The molecule has 0 radical (unpaired) electrons. The minimum atomic E-state index is 0.0277. The first-order valence-corrected chi connectivity index (χ1v) is 5.26. The van der Waals surface area contributed by atoms with Gasteiger partial charge < -0.3 is 5.73 Å². The van der Waals surface area contributed by atoms with Crippen molar-refractivity contribution in [3.63, 3.8) is 0 Å². The molecule has 0 fully saturated rings. The van der Waals surface area contributed by atoms with Gasteiger partial charge in [0.25, 0.3) is 0 Å². The van der Waals surface area contributed by atoms with Crippen LogP contribution in [0.3, 0.4) is 0 Å². The number of aryl methyl sites for hydroxylation is 1. The first kappa shape index (κ1) is 11.2. The Morgan fingerprint density at radius 1 is 1.64 bits per heavy atom. The summed E-state index contributed by atoms with van der Waals surface area (Å²) in [4.78, 5) is 0. The summed E-state index contributed by atoms with van der Waals surface area (Å²) in [5.74, 6) is 0.230. The summed E-state index contributed by atoms with van der Waals surface area (Å²) in [5, 5.41) is 11.7. The van der Waals surface area contributed by atoms with E-state index in [0.717, 1.165) is 15.9 Å². The van der Waals surface area contributed by atoms with Gasteiger partial charge in [0.1, 0.15) is 0 Å². The summed E-state index contributed by atoms with van der Waals surface area (Å²) in [6.07, 6.45) is 0. The van der Waals surface area contributed by atoms with Gasteiger partial charge in [0.05, 0.1) is 22.5 Å². The summed E-state index contributed by atoms with van der Waals surface area (Å²) in [6.45, 7) is 6.53. The molecule has 0 aromatic carbocycles. The van der Waals surface area contributed by atoms with Crippen molar-refractivity contribution in [1.29, 1.82) is 5.41 Å². The van der Waals surface area contributed by atoms with Gasteiger partial charge in [-0.15, -0.1) is 0 Å². The minimum absolute atomic E-state index is 0.0277. The second-order valence-corrected chi connectivity index (χ2v) is 4.32. The maximum Gasteiger partial charge on any atom is 0.0952 e. The molecule has 5 heteroatoms. The predicted molar refractivity (Wildman–Crippen MR) is 60.5 cm³/mol. The smallest absolute Gasteiger partial charge is 0.0952 e. The van der Waals surface area contributed by atoms with Gasteiger partial charge in [0.15, 0.2) is 0 Å². The molecule has 0 bridgehead atoms. The van der Waals surface area contributed by atoms with Crippen LogP contribution in [0.1, 0.15) is 18.3 Å². The molecule has 3 N–H and O–H groups in total. The lowest BCUT2D eigenvalue weighted by molar-refractivity contribution is 0.523. The third kappa shape index (κ3) is 2.15. The predicted octanol–water partition coefficient (Wildman–Crippen LogP) is 1.83. The fourth-order valence-corrected chi connectivity index (χ4v) is 1.49.